The van der Waals surface area contributed by atoms with Crippen molar-refractivity contribution in [3.63, 3.8) is 0 Å². The monoisotopic (exact) mass is 299 g/mol. The normalized spacial score (nSPS) is 14.2. The SMILES string of the molecule is CCNC(C)c1ccc(OCC(O)COC(C)C)cc1F. The van der Waals surface area contributed by atoms with Crippen molar-refractivity contribution in [1.82, 2.24) is 5.32 Å². The first-order valence-corrected chi connectivity index (χ1v) is 7.39. The van der Waals surface area contributed by atoms with Crippen LogP contribution in [-0.2, 0) is 4.74 Å². The van der Waals surface area contributed by atoms with Crippen molar-refractivity contribution >= 4 is 0 Å². The molecule has 0 amide bonds. The molecule has 1 aromatic carbocycles. The highest BCUT2D eigenvalue weighted by molar-refractivity contribution is 5.30. The first-order chi connectivity index (χ1) is 9.93. The predicted octanol–water partition coefficient (Wildman–Crippen LogP) is 2.66. The third kappa shape index (κ3) is 6.42. The Balaban J connectivity index is 2.52. The van der Waals surface area contributed by atoms with Gasteiger partial charge in [0.15, 0.2) is 0 Å². The molecule has 0 aliphatic rings. The Labute approximate surface area is 126 Å². The standard InChI is InChI=1S/C16H26FNO3/c1-5-18-12(4)15-7-6-14(8-16(15)17)21-10-13(19)9-20-11(2)3/h6-8,11-13,18-19H,5,9-10H2,1-4H3. The Kier molecular flexibility index (Phi) is 7.64. The summed E-state index contributed by atoms with van der Waals surface area (Å²) >= 11 is 0. The predicted molar refractivity (Wildman–Crippen MR) is 81.1 cm³/mol. The van der Waals surface area contributed by atoms with E-state index in [1.807, 2.05) is 27.7 Å². The Morgan fingerprint density at radius 3 is 2.52 bits per heavy atom. The fourth-order valence-corrected chi connectivity index (χ4v) is 1.91. The zero-order valence-corrected chi connectivity index (χ0v) is 13.2. The maximum absolute atomic E-state index is 14.0. The van der Waals surface area contributed by atoms with Gasteiger partial charge in [0.25, 0.3) is 0 Å². The van der Waals surface area contributed by atoms with Gasteiger partial charge in [-0.05, 0) is 33.4 Å². The summed E-state index contributed by atoms with van der Waals surface area (Å²) in [5.41, 5.74) is 0.605. The molecule has 2 atom stereocenters. The molecule has 0 aliphatic carbocycles. The second-order valence-electron chi connectivity index (χ2n) is 5.31. The van der Waals surface area contributed by atoms with Gasteiger partial charge in [0, 0.05) is 17.7 Å². The zero-order chi connectivity index (χ0) is 15.8. The van der Waals surface area contributed by atoms with Gasteiger partial charge in [-0.3, -0.25) is 0 Å². The van der Waals surface area contributed by atoms with E-state index in [0.717, 1.165) is 6.54 Å². The highest BCUT2D eigenvalue weighted by Gasteiger charge is 2.12. The van der Waals surface area contributed by atoms with E-state index in [-0.39, 0.29) is 31.2 Å². The Morgan fingerprint density at radius 1 is 1.24 bits per heavy atom. The van der Waals surface area contributed by atoms with E-state index in [4.69, 9.17) is 9.47 Å². The van der Waals surface area contributed by atoms with Crippen molar-refractivity contribution in [3.8, 4) is 5.75 Å². The Hall–Kier alpha value is -1.17. The van der Waals surface area contributed by atoms with Crippen molar-refractivity contribution in [1.29, 1.82) is 0 Å². The number of aliphatic hydroxyl groups excluding tert-OH is 1. The molecular formula is C16H26FNO3. The van der Waals surface area contributed by atoms with Gasteiger partial charge >= 0.3 is 0 Å². The van der Waals surface area contributed by atoms with Gasteiger partial charge in [-0.15, -0.1) is 0 Å². The fraction of sp³-hybridized carbons (Fsp3) is 0.625. The molecule has 0 radical (unpaired) electrons. The molecule has 21 heavy (non-hydrogen) atoms. The fourth-order valence-electron chi connectivity index (χ4n) is 1.91. The van der Waals surface area contributed by atoms with Crippen LogP contribution in [0.25, 0.3) is 0 Å². The van der Waals surface area contributed by atoms with Crippen LogP contribution in [0.15, 0.2) is 18.2 Å². The van der Waals surface area contributed by atoms with E-state index in [0.29, 0.717) is 11.3 Å². The lowest BCUT2D eigenvalue weighted by molar-refractivity contribution is -0.0123. The molecule has 2 unspecified atom stereocenters. The summed E-state index contributed by atoms with van der Waals surface area (Å²) in [5.74, 6) is 0.0948. The number of aliphatic hydroxyl groups is 1. The van der Waals surface area contributed by atoms with Gasteiger partial charge < -0.3 is 19.9 Å². The van der Waals surface area contributed by atoms with Gasteiger partial charge in [-0.2, -0.15) is 0 Å². The second kappa shape index (κ2) is 8.97. The third-order valence-electron chi connectivity index (χ3n) is 3.01. The summed E-state index contributed by atoms with van der Waals surface area (Å²) in [7, 11) is 0. The molecule has 0 aromatic heterocycles. The maximum atomic E-state index is 14.0. The van der Waals surface area contributed by atoms with E-state index < -0.39 is 6.10 Å². The van der Waals surface area contributed by atoms with E-state index >= 15 is 0 Å². The Morgan fingerprint density at radius 2 is 1.95 bits per heavy atom. The highest BCUT2D eigenvalue weighted by atomic mass is 19.1. The van der Waals surface area contributed by atoms with Gasteiger partial charge in [-0.25, -0.2) is 4.39 Å². The summed E-state index contributed by atoms with van der Waals surface area (Å²) in [5, 5.41) is 12.8. The number of ether oxygens (including phenoxy) is 2. The number of halogens is 1. The molecule has 0 heterocycles. The van der Waals surface area contributed by atoms with Crippen LogP contribution in [0.3, 0.4) is 0 Å². The molecule has 2 N–H and O–H groups in total. The maximum Gasteiger partial charge on any atom is 0.131 e. The van der Waals surface area contributed by atoms with Crippen molar-refractivity contribution in [2.75, 3.05) is 19.8 Å². The molecule has 5 heteroatoms. The van der Waals surface area contributed by atoms with Crippen LogP contribution in [0.4, 0.5) is 4.39 Å². The largest absolute Gasteiger partial charge is 0.491 e. The van der Waals surface area contributed by atoms with Crippen LogP contribution in [0.5, 0.6) is 5.75 Å². The number of nitrogens with one attached hydrogen (secondary N) is 1. The van der Waals surface area contributed by atoms with Crippen LogP contribution in [0.1, 0.15) is 39.3 Å². The third-order valence-corrected chi connectivity index (χ3v) is 3.01. The molecule has 0 saturated carbocycles. The quantitative estimate of drug-likeness (QED) is 0.736. The minimum atomic E-state index is -0.726. The zero-order valence-electron chi connectivity index (χ0n) is 13.2. The van der Waals surface area contributed by atoms with Crippen LogP contribution in [0.2, 0.25) is 0 Å². The number of hydrogen-bond donors (Lipinski definition) is 2. The second-order valence-corrected chi connectivity index (χ2v) is 5.31. The van der Waals surface area contributed by atoms with Gasteiger partial charge in [0.05, 0.1) is 12.7 Å². The molecule has 4 nitrogen and oxygen atoms in total. The molecule has 0 spiro atoms. The lowest BCUT2D eigenvalue weighted by Crippen LogP contribution is -2.25. The lowest BCUT2D eigenvalue weighted by Gasteiger charge is -2.16. The van der Waals surface area contributed by atoms with E-state index in [2.05, 4.69) is 5.32 Å². The molecule has 0 bridgehead atoms. The van der Waals surface area contributed by atoms with E-state index in [1.165, 1.54) is 6.07 Å². The van der Waals surface area contributed by atoms with Crippen LogP contribution in [0, 0.1) is 5.82 Å². The van der Waals surface area contributed by atoms with Crippen LogP contribution in [-0.4, -0.2) is 37.1 Å². The molecule has 1 aromatic rings. The van der Waals surface area contributed by atoms with Gasteiger partial charge in [0.1, 0.15) is 24.3 Å². The van der Waals surface area contributed by atoms with E-state index in [1.54, 1.807) is 12.1 Å². The van der Waals surface area contributed by atoms with Gasteiger partial charge in [0.2, 0.25) is 0 Å². The number of benzene rings is 1. The van der Waals surface area contributed by atoms with Crippen molar-refractivity contribution < 1.29 is 19.0 Å². The first kappa shape index (κ1) is 17.9. The average Bonchev–Trinajstić information content (AvgIpc) is 2.43. The van der Waals surface area contributed by atoms with Crippen molar-refractivity contribution in [2.24, 2.45) is 0 Å². The number of hydrogen-bond acceptors (Lipinski definition) is 4. The summed E-state index contributed by atoms with van der Waals surface area (Å²) < 4.78 is 24.7. The van der Waals surface area contributed by atoms with Crippen LogP contribution < -0.4 is 10.1 Å². The molecule has 0 saturated heterocycles. The van der Waals surface area contributed by atoms with Crippen LogP contribution >= 0.6 is 0 Å². The first-order valence-electron chi connectivity index (χ1n) is 7.39. The lowest BCUT2D eigenvalue weighted by atomic mass is 10.1. The summed E-state index contributed by atoms with van der Waals surface area (Å²) in [6, 6.07) is 4.71. The summed E-state index contributed by atoms with van der Waals surface area (Å²) in [4.78, 5) is 0. The van der Waals surface area contributed by atoms with E-state index in [9.17, 15) is 9.50 Å². The number of rotatable bonds is 9. The van der Waals surface area contributed by atoms with Crippen molar-refractivity contribution in [3.05, 3.63) is 29.6 Å². The molecule has 0 aliphatic heterocycles. The smallest absolute Gasteiger partial charge is 0.131 e. The molecule has 1 rings (SSSR count). The highest BCUT2D eigenvalue weighted by Crippen LogP contribution is 2.22. The topological polar surface area (TPSA) is 50.7 Å². The van der Waals surface area contributed by atoms with Crippen molar-refractivity contribution in [2.45, 2.75) is 45.9 Å². The summed E-state index contributed by atoms with van der Waals surface area (Å²) in [6.07, 6.45) is -0.667. The van der Waals surface area contributed by atoms with Gasteiger partial charge in [-0.1, -0.05) is 13.0 Å². The molecule has 0 fully saturated rings. The molecular weight excluding hydrogens is 273 g/mol. The molecule has 120 valence electrons. The minimum absolute atomic E-state index is 0.0471. The average molecular weight is 299 g/mol. The summed E-state index contributed by atoms with van der Waals surface area (Å²) in [6.45, 7) is 8.74. The Bertz CT molecular complexity index is 426. The minimum Gasteiger partial charge on any atom is -0.491 e.